The molecule has 3 nitrogen and oxygen atoms in total. The van der Waals surface area contributed by atoms with Crippen LogP contribution in [-0.2, 0) is 10.2 Å². The molecule has 0 aliphatic heterocycles. The van der Waals surface area contributed by atoms with Gasteiger partial charge in [0.15, 0.2) is 0 Å². The Kier molecular flexibility index (Phi) is 7.61. The minimum Gasteiger partial charge on any atom is -0.345 e. The zero-order valence-corrected chi connectivity index (χ0v) is 15.8. The van der Waals surface area contributed by atoms with E-state index in [0.29, 0.717) is 6.54 Å². The Morgan fingerprint density at radius 2 is 1.83 bits per heavy atom. The van der Waals surface area contributed by atoms with Crippen molar-refractivity contribution >= 4 is 5.91 Å². The zero-order valence-electron chi connectivity index (χ0n) is 15.8. The quantitative estimate of drug-likeness (QED) is 0.731. The number of halogens is 1. The van der Waals surface area contributed by atoms with E-state index in [4.69, 9.17) is 0 Å². The molecule has 0 saturated carbocycles. The van der Waals surface area contributed by atoms with Crippen molar-refractivity contribution in [1.82, 2.24) is 10.2 Å². The third-order valence-corrected chi connectivity index (χ3v) is 4.28. The summed E-state index contributed by atoms with van der Waals surface area (Å²) < 4.78 is 13.2. The Morgan fingerprint density at radius 3 is 2.33 bits per heavy atom. The van der Waals surface area contributed by atoms with Gasteiger partial charge < -0.3 is 10.2 Å². The van der Waals surface area contributed by atoms with Gasteiger partial charge in [0, 0.05) is 33.1 Å². The lowest BCUT2D eigenvalue weighted by Crippen LogP contribution is -2.39. The van der Waals surface area contributed by atoms with Crippen LogP contribution < -0.4 is 5.32 Å². The molecule has 4 heteroatoms. The van der Waals surface area contributed by atoms with Gasteiger partial charge in [-0.1, -0.05) is 37.6 Å². The summed E-state index contributed by atoms with van der Waals surface area (Å²) in [5.41, 5.74) is 2.30. The van der Waals surface area contributed by atoms with Gasteiger partial charge in [-0.15, -0.1) is 0 Å². The second-order valence-electron chi connectivity index (χ2n) is 7.34. The normalized spacial score (nSPS) is 12.6. The third kappa shape index (κ3) is 6.83. The number of benzene rings is 1. The Morgan fingerprint density at radius 1 is 1.25 bits per heavy atom. The number of likely N-dealkylation sites (N-methyl/N-ethyl adjacent to an activating group) is 1. The molecule has 1 atom stereocenters. The summed E-state index contributed by atoms with van der Waals surface area (Å²) in [5, 5.41) is 3.53. The lowest BCUT2D eigenvalue weighted by atomic mass is 9.79. The maximum absolute atomic E-state index is 13.2. The Hall–Kier alpha value is -1.68. The molecule has 0 bridgehead atoms. The van der Waals surface area contributed by atoms with Crippen LogP contribution >= 0.6 is 0 Å². The Balaban J connectivity index is 2.75. The largest absolute Gasteiger partial charge is 0.345 e. The van der Waals surface area contributed by atoms with Crippen LogP contribution in [0.5, 0.6) is 0 Å². The van der Waals surface area contributed by atoms with Crippen LogP contribution in [-0.4, -0.2) is 37.0 Å². The number of allylic oxidation sites excluding steroid dienone is 1. The number of nitrogens with one attached hydrogen (secondary N) is 1. The number of carbonyl (C=O) groups excluding carboxylic acids is 1. The fourth-order valence-electron chi connectivity index (χ4n) is 2.74. The summed E-state index contributed by atoms with van der Waals surface area (Å²) in [5.74, 6) is -0.136. The molecule has 1 aromatic carbocycles. The Labute approximate surface area is 145 Å². The number of hydrogen-bond donors (Lipinski definition) is 1. The average molecular weight is 334 g/mol. The molecule has 0 saturated heterocycles. The van der Waals surface area contributed by atoms with Gasteiger partial charge in [-0.25, -0.2) is 4.39 Å². The van der Waals surface area contributed by atoms with E-state index in [1.54, 1.807) is 11.8 Å². The minimum absolute atomic E-state index is 0.0715. The summed E-state index contributed by atoms with van der Waals surface area (Å²) in [4.78, 5) is 13.0. The molecule has 1 rings (SSSR count). The van der Waals surface area contributed by atoms with Crippen LogP contribution in [0.4, 0.5) is 4.39 Å². The van der Waals surface area contributed by atoms with Crippen molar-refractivity contribution in [2.75, 3.05) is 20.1 Å². The summed E-state index contributed by atoms with van der Waals surface area (Å²) in [6.07, 6.45) is 3.12. The first-order valence-corrected chi connectivity index (χ1v) is 8.48. The van der Waals surface area contributed by atoms with Crippen molar-refractivity contribution in [2.24, 2.45) is 0 Å². The van der Waals surface area contributed by atoms with Gasteiger partial charge in [-0.2, -0.15) is 0 Å². The molecule has 1 N–H and O–H groups in total. The fraction of sp³-hybridized carbons (Fsp3) is 0.550. The van der Waals surface area contributed by atoms with Gasteiger partial charge in [0.1, 0.15) is 5.82 Å². The zero-order chi connectivity index (χ0) is 18.3. The van der Waals surface area contributed by atoms with E-state index >= 15 is 0 Å². The highest BCUT2D eigenvalue weighted by Gasteiger charge is 2.24. The molecule has 0 heterocycles. The van der Waals surface area contributed by atoms with Crippen LogP contribution in [0.15, 0.2) is 35.9 Å². The summed E-state index contributed by atoms with van der Waals surface area (Å²) in [6, 6.07) is 6.96. The van der Waals surface area contributed by atoms with E-state index in [1.807, 2.05) is 19.2 Å². The second kappa shape index (κ2) is 8.97. The highest BCUT2D eigenvalue weighted by Crippen LogP contribution is 2.29. The van der Waals surface area contributed by atoms with Crippen LogP contribution in [0.3, 0.4) is 0 Å². The van der Waals surface area contributed by atoms with E-state index in [1.165, 1.54) is 17.7 Å². The van der Waals surface area contributed by atoms with Crippen LogP contribution in [0.2, 0.25) is 0 Å². The first kappa shape index (κ1) is 20.4. The van der Waals surface area contributed by atoms with Crippen molar-refractivity contribution in [2.45, 2.75) is 52.5 Å². The standard InChI is InChI=1S/C20H31FN2O/c1-15(2)13-19(22-11-12-23(6)16(3)24)14-20(4,5)17-7-9-18(21)10-8-17/h7-10,13,19,22H,11-12,14H2,1-6H3. The van der Waals surface area contributed by atoms with Crippen molar-refractivity contribution < 1.29 is 9.18 Å². The first-order chi connectivity index (χ1) is 11.1. The molecular formula is C20H31FN2O. The summed E-state index contributed by atoms with van der Waals surface area (Å²) >= 11 is 0. The topological polar surface area (TPSA) is 32.3 Å². The molecular weight excluding hydrogens is 303 g/mol. The molecule has 134 valence electrons. The monoisotopic (exact) mass is 334 g/mol. The van der Waals surface area contributed by atoms with Crippen molar-refractivity contribution in [1.29, 1.82) is 0 Å². The maximum Gasteiger partial charge on any atom is 0.219 e. The van der Waals surface area contributed by atoms with Gasteiger partial charge in [-0.3, -0.25) is 4.79 Å². The molecule has 0 fully saturated rings. The van der Waals surface area contributed by atoms with E-state index in [2.05, 4.69) is 39.1 Å². The molecule has 1 unspecified atom stereocenters. The summed E-state index contributed by atoms with van der Waals surface area (Å²) in [7, 11) is 1.81. The van der Waals surface area contributed by atoms with Gasteiger partial charge >= 0.3 is 0 Å². The SMILES string of the molecule is CC(=O)N(C)CCNC(C=C(C)C)CC(C)(C)c1ccc(F)cc1. The average Bonchev–Trinajstić information content (AvgIpc) is 2.46. The second-order valence-corrected chi connectivity index (χ2v) is 7.34. The highest BCUT2D eigenvalue weighted by molar-refractivity contribution is 5.72. The van der Waals surface area contributed by atoms with Crippen LogP contribution in [0, 0.1) is 5.82 Å². The molecule has 0 aliphatic rings. The highest BCUT2D eigenvalue weighted by atomic mass is 19.1. The lowest BCUT2D eigenvalue weighted by Gasteiger charge is -2.30. The van der Waals surface area contributed by atoms with Crippen LogP contribution in [0.25, 0.3) is 0 Å². The van der Waals surface area contributed by atoms with Crippen molar-refractivity contribution in [3.05, 3.63) is 47.3 Å². The van der Waals surface area contributed by atoms with Gasteiger partial charge in [0.05, 0.1) is 0 Å². The smallest absolute Gasteiger partial charge is 0.219 e. The van der Waals surface area contributed by atoms with E-state index in [9.17, 15) is 9.18 Å². The maximum atomic E-state index is 13.2. The fourth-order valence-corrected chi connectivity index (χ4v) is 2.74. The van der Waals surface area contributed by atoms with Crippen LogP contribution in [0.1, 0.15) is 46.6 Å². The van der Waals surface area contributed by atoms with Gasteiger partial charge in [0.25, 0.3) is 0 Å². The van der Waals surface area contributed by atoms with E-state index < -0.39 is 0 Å². The summed E-state index contributed by atoms with van der Waals surface area (Å²) in [6.45, 7) is 11.5. The molecule has 0 radical (unpaired) electrons. The lowest BCUT2D eigenvalue weighted by molar-refractivity contribution is -0.127. The molecule has 0 aliphatic carbocycles. The molecule has 1 amide bonds. The number of hydrogen-bond acceptors (Lipinski definition) is 2. The molecule has 0 spiro atoms. The van der Waals surface area contributed by atoms with Gasteiger partial charge in [0.2, 0.25) is 5.91 Å². The third-order valence-electron chi connectivity index (χ3n) is 4.28. The van der Waals surface area contributed by atoms with Gasteiger partial charge in [-0.05, 0) is 43.4 Å². The van der Waals surface area contributed by atoms with Crippen molar-refractivity contribution in [3.63, 3.8) is 0 Å². The number of nitrogens with zero attached hydrogens (tertiary/aromatic N) is 1. The minimum atomic E-state index is -0.208. The molecule has 0 aromatic heterocycles. The Bertz CT molecular complexity index is 560. The predicted molar refractivity (Wildman–Crippen MR) is 98.6 cm³/mol. The van der Waals surface area contributed by atoms with E-state index in [-0.39, 0.29) is 23.2 Å². The van der Waals surface area contributed by atoms with Crippen molar-refractivity contribution in [3.8, 4) is 0 Å². The number of amides is 1. The molecule has 24 heavy (non-hydrogen) atoms. The predicted octanol–water partition coefficient (Wildman–Crippen LogP) is 3.90. The number of rotatable bonds is 8. The number of carbonyl (C=O) groups is 1. The molecule has 1 aromatic rings. The van der Waals surface area contributed by atoms with E-state index in [0.717, 1.165) is 18.5 Å². The first-order valence-electron chi connectivity index (χ1n) is 8.48.